The maximum absolute atomic E-state index is 4.39. The van der Waals surface area contributed by atoms with E-state index < -0.39 is 0 Å². The summed E-state index contributed by atoms with van der Waals surface area (Å²) in [6, 6.07) is 4.08. The van der Waals surface area contributed by atoms with Crippen LogP contribution in [0.5, 0.6) is 0 Å². The van der Waals surface area contributed by atoms with E-state index in [0.29, 0.717) is 5.92 Å². The molecule has 0 saturated carbocycles. The van der Waals surface area contributed by atoms with Gasteiger partial charge in [0.15, 0.2) is 0 Å². The largest absolute Gasteiger partial charge is 0.263 e. The first kappa shape index (κ1) is 15.2. The molecule has 0 radical (unpaired) electrons. The summed E-state index contributed by atoms with van der Waals surface area (Å²) in [5.74, 6) is 0.516. The Morgan fingerprint density at radius 1 is 1.38 bits per heavy atom. The van der Waals surface area contributed by atoms with Crippen LogP contribution in [0.25, 0.3) is 0 Å². The number of aliphatic imine (C=N–C) groups is 1. The first-order valence-electron chi connectivity index (χ1n) is 5.91. The lowest BCUT2D eigenvalue weighted by atomic mass is 9.93. The topological polar surface area (TPSA) is 12.4 Å². The molecule has 1 rings (SSSR count). The fraction of sp³-hybridized carbons (Fsp3) is 0.500. The van der Waals surface area contributed by atoms with Crippen LogP contribution in [0, 0.1) is 6.92 Å². The summed E-state index contributed by atoms with van der Waals surface area (Å²) in [6.45, 7) is 14.1. The number of rotatable bonds is 3. The van der Waals surface area contributed by atoms with Gasteiger partial charge in [0.1, 0.15) is 0 Å². The molecule has 0 aliphatic heterocycles. The second-order valence-corrected chi connectivity index (χ2v) is 4.11. The van der Waals surface area contributed by atoms with Gasteiger partial charge in [-0.3, -0.25) is 4.99 Å². The van der Waals surface area contributed by atoms with Crippen LogP contribution in [-0.4, -0.2) is 6.72 Å². The summed E-state index contributed by atoms with van der Waals surface area (Å²) >= 11 is 4.39. The minimum atomic E-state index is 0.516. The Labute approximate surface area is 105 Å². The summed E-state index contributed by atoms with van der Waals surface area (Å²) < 4.78 is 0. The third-order valence-electron chi connectivity index (χ3n) is 2.68. The van der Waals surface area contributed by atoms with Crippen LogP contribution in [0.2, 0.25) is 0 Å². The highest BCUT2D eigenvalue weighted by Crippen LogP contribution is 2.36. The molecule has 1 aromatic rings. The molecule has 1 aromatic carbocycles. The second-order valence-electron chi connectivity index (χ2n) is 3.63. The smallest absolute Gasteiger partial charge is 0.0792 e. The lowest BCUT2D eigenvalue weighted by Crippen LogP contribution is -1.96. The lowest BCUT2D eigenvalue weighted by Gasteiger charge is -2.16. The Kier molecular flexibility index (Phi) is 7.15. The van der Waals surface area contributed by atoms with E-state index in [4.69, 9.17) is 0 Å². The van der Waals surface area contributed by atoms with Crippen molar-refractivity contribution < 1.29 is 0 Å². The summed E-state index contributed by atoms with van der Waals surface area (Å²) in [5, 5.41) is 0. The number of thiol groups is 1. The van der Waals surface area contributed by atoms with Crippen LogP contribution in [0.15, 0.2) is 22.0 Å². The average Bonchev–Trinajstić information content (AvgIpc) is 2.33. The molecule has 0 spiro atoms. The minimum absolute atomic E-state index is 0.516. The Balaban J connectivity index is 0.00000106. The number of aryl methyl sites for hydroxylation is 1. The van der Waals surface area contributed by atoms with Crippen molar-refractivity contribution in [1.29, 1.82) is 0 Å². The summed E-state index contributed by atoms with van der Waals surface area (Å²) in [7, 11) is 0. The first-order valence-corrected chi connectivity index (χ1v) is 6.35. The predicted molar refractivity (Wildman–Crippen MR) is 77.7 cm³/mol. The fourth-order valence-electron chi connectivity index (χ4n) is 1.69. The predicted octanol–water partition coefficient (Wildman–Crippen LogP) is 5.16. The molecule has 0 saturated heterocycles. The monoisotopic (exact) mass is 237 g/mol. The van der Waals surface area contributed by atoms with Gasteiger partial charge in [-0.05, 0) is 43.2 Å². The number of nitrogens with zero attached hydrogens (tertiary/aromatic N) is 1. The normalized spacial score (nSPS) is 11.4. The zero-order chi connectivity index (χ0) is 12.7. The molecule has 0 heterocycles. The van der Waals surface area contributed by atoms with Crippen LogP contribution in [0.3, 0.4) is 0 Å². The van der Waals surface area contributed by atoms with Crippen LogP contribution < -0.4 is 0 Å². The number of hydrogen-bond donors (Lipinski definition) is 1. The van der Waals surface area contributed by atoms with Gasteiger partial charge in [0, 0.05) is 4.90 Å². The van der Waals surface area contributed by atoms with E-state index in [0.717, 1.165) is 17.0 Å². The maximum atomic E-state index is 4.39. The standard InChI is InChI=1S/C12H17NS.C2H6/c1-5-8(2)11-9(3)6-7-10(14)12(11)13-4;1-2/h6-8,14H,4-5H2,1-3H3;1-2H3. The average molecular weight is 237 g/mol. The Morgan fingerprint density at radius 3 is 2.38 bits per heavy atom. The van der Waals surface area contributed by atoms with Crippen molar-refractivity contribution in [2.24, 2.45) is 4.99 Å². The van der Waals surface area contributed by atoms with Crippen molar-refractivity contribution in [1.82, 2.24) is 0 Å². The van der Waals surface area contributed by atoms with Crippen molar-refractivity contribution >= 4 is 25.0 Å². The van der Waals surface area contributed by atoms with E-state index in [2.05, 4.69) is 51.2 Å². The SMILES string of the molecule is C=Nc1c(S)ccc(C)c1C(C)CC.CC. The van der Waals surface area contributed by atoms with Crippen molar-refractivity contribution in [2.75, 3.05) is 0 Å². The van der Waals surface area contributed by atoms with Crippen LogP contribution in [0.1, 0.15) is 51.2 Å². The van der Waals surface area contributed by atoms with Crippen molar-refractivity contribution in [2.45, 2.75) is 51.9 Å². The van der Waals surface area contributed by atoms with E-state index >= 15 is 0 Å². The molecule has 0 N–H and O–H groups in total. The van der Waals surface area contributed by atoms with E-state index in [1.54, 1.807) is 0 Å². The van der Waals surface area contributed by atoms with Crippen LogP contribution in [0.4, 0.5) is 5.69 Å². The van der Waals surface area contributed by atoms with Gasteiger partial charge in [0.05, 0.1) is 5.69 Å². The summed E-state index contributed by atoms with van der Waals surface area (Å²) in [6.07, 6.45) is 1.11. The number of hydrogen-bond acceptors (Lipinski definition) is 2. The summed E-state index contributed by atoms with van der Waals surface area (Å²) in [5.41, 5.74) is 3.51. The molecule has 90 valence electrons. The van der Waals surface area contributed by atoms with Gasteiger partial charge >= 0.3 is 0 Å². The molecule has 0 amide bonds. The van der Waals surface area contributed by atoms with E-state index in [-0.39, 0.29) is 0 Å². The molecule has 0 aliphatic rings. The highest BCUT2D eigenvalue weighted by molar-refractivity contribution is 7.80. The zero-order valence-electron chi connectivity index (χ0n) is 11.0. The van der Waals surface area contributed by atoms with Crippen LogP contribution in [-0.2, 0) is 0 Å². The molecule has 16 heavy (non-hydrogen) atoms. The Morgan fingerprint density at radius 2 is 1.94 bits per heavy atom. The van der Waals surface area contributed by atoms with Gasteiger partial charge in [-0.25, -0.2) is 0 Å². The quantitative estimate of drug-likeness (QED) is 0.551. The molecular weight excluding hydrogens is 214 g/mol. The number of benzene rings is 1. The van der Waals surface area contributed by atoms with Gasteiger partial charge in [-0.2, -0.15) is 0 Å². The van der Waals surface area contributed by atoms with Gasteiger partial charge in [-0.1, -0.05) is 33.8 Å². The van der Waals surface area contributed by atoms with Gasteiger partial charge < -0.3 is 0 Å². The van der Waals surface area contributed by atoms with E-state index in [1.165, 1.54) is 11.1 Å². The summed E-state index contributed by atoms with van der Waals surface area (Å²) in [4.78, 5) is 4.99. The van der Waals surface area contributed by atoms with Gasteiger partial charge in [0.2, 0.25) is 0 Å². The van der Waals surface area contributed by atoms with E-state index in [1.807, 2.05) is 19.9 Å². The second kappa shape index (κ2) is 7.50. The maximum Gasteiger partial charge on any atom is 0.0792 e. The molecule has 0 fully saturated rings. The fourth-order valence-corrected chi connectivity index (χ4v) is 1.96. The minimum Gasteiger partial charge on any atom is -0.263 e. The molecule has 2 heteroatoms. The van der Waals surface area contributed by atoms with Crippen molar-refractivity contribution in [3.8, 4) is 0 Å². The highest BCUT2D eigenvalue weighted by atomic mass is 32.1. The highest BCUT2D eigenvalue weighted by Gasteiger charge is 2.13. The third-order valence-corrected chi connectivity index (χ3v) is 3.04. The van der Waals surface area contributed by atoms with Crippen LogP contribution >= 0.6 is 12.6 Å². The first-order chi connectivity index (χ1) is 7.61. The third kappa shape index (κ3) is 3.38. The van der Waals surface area contributed by atoms with Gasteiger partial charge in [-0.15, -0.1) is 12.6 Å². The molecule has 0 aromatic heterocycles. The molecule has 1 nitrogen and oxygen atoms in total. The molecular formula is C14H23NS. The zero-order valence-corrected chi connectivity index (χ0v) is 11.9. The molecule has 1 atom stereocenters. The molecule has 1 unspecified atom stereocenters. The Bertz CT molecular complexity index is 345. The van der Waals surface area contributed by atoms with Gasteiger partial charge in [0.25, 0.3) is 0 Å². The van der Waals surface area contributed by atoms with E-state index in [9.17, 15) is 0 Å². The van der Waals surface area contributed by atoms with Crippen molar-refractivity contribution in [3.05, 3.63) is 23.3 Å². The Hall–Kier alpha value is -0.760. The van der Waals surface area contributed by atoms with Crippen molar-refractivity contribution in [3.63, 3.8) is 0 Å². The molecule has 0 bridgehead atoms. The lowest BCUT2D eigenvalue weighted by molar-refractivity contribution is 0.727. The molecule has 0 aliphatic carbocycles.